The number of rotatable bonds is 1. The number of carbonyl (C=O) groups excluding carboxylic acids is 1. The number of ether oxygens (including phenoxy) is 1. The zero-order valence-corrected chi connectivity index (χ0v) is 18.7. The summed E-state index contributed by atoms with van der Waals surface area (Å²) >= 11 is 4.52. The molecular formula is C17H20I2N4O2. The van der Waals surface area contributed by atoms with Crippen molar-refractivity contribution in [3.8, 4) is 5.69 Å². The molecule has 0 spiro atoms. The second-order valence-electron chi connectivity index (χ2n) is 6.98. The summed E-state index contributed by atoms with van der Waals surface area (Å²) in [6.07, 6.45) is 2.27. The van der Waals surface area contributed by atoms with Crippen LogP contribution in [0.4, 0.5) is 10.5 Å². The second kappa shape index (κ2) is 6.93. The fourth-order valence-corrected chi connectivity index (χ4v) is 3.78. The summed E-state index contributed by atoms with van der Waals surface area (Å²) in [5, 5.41) is 0. The lowest BCUT2D eigenvalue weighted by molar-refractivity contribution is 0.0224. The summed E-state index contributed by atoms with van der Waals surface area (Å²) in [6, 6.07) is 3.92. The van der Waals surface area contributed by atoms with E-state index in [1.54, 1.807) is 4.90 Å². The van der Waals surface area contributed by atoms with E-state index >= 15 is 0 Å². The first-order valence-electron chi connectivity index (χ1n) is 7.94. The zero-order chi connectivity index (χ0) is 18.4. The SMILES string of the molecule is CC(C)(C)OC(=O)N1CCc2c(-n3cnc(I)c3I)ccc(N)c2C1. The van der Waals surface area contributed by atoms with Gasteiger partial charge >= 0.3 is 6.09 Å². The highest BCUT2D eigenvalue weighted by molar-refractivity contribution is 14.1. The van der Waals surface area contributed by atoms with Gasteiger partial charge in [-0.25, -0.2) is 9.78 Å². The average Bonchev–Trinajstić information content (AvgIpc) is 2.86. The number of amides is 1. The van der Waals surface area contributed by atoms with Crippen molar-refractivity contribution in [2.75, 3.05) is 12.3 Å². The van der Waals surface area contributed by atoms with Crippen LogP contribution in [0.3, 0.4) is 0 Å². The number of hydrogen-bond acceptors (Lipinski definition) is 4. The van der Waals surface area contributed by atoms with E-state index in [0.717, 1.165) is 25.1 Å². The Bertz CT molecular complexity index is 827. The molecule has 0 radical (unpaired) electrons. The molecule has 1 aliphatic heterocycles. The Balaban J connectivity index is 1.94. The minimum atomic E-state index is -0.506. The summed E-state index contributed by atoms with van der Waals surface area (Å²) in [6.45, 7) is 6.70. The Morgan fingerprint density at radius 2 is 2.00 bits per heavy atom. The molecule has 0 fully saturated rings. The smallest absolute Gasteiger partial charge is 0.410 e. The van der Waals surface area contributed by atoms with E-state index in [1.165, 1.54) is 5.56 Å². The molecule has 134 valence electrons. The Hall–Kier alpha value is -1.04. The van der Waals surface area contributed by atoms with Gasteiger partial charge in [-0.1, -0.05) is 0 Å². The van der Waals surface area contributed by atoms with Crippen LogP contribution in [0, 0.1) is 7.40 Å². The average molecular weight is 566 g/mol. The first kappa shape index (κ1) is 18.7. The van der Waals surface area contributed by atoms with Gasteiger partial charge in [-0.05, 0) is 95.6 Å². The molecule has 2 N–H and O–H groups in total. The Kier molecular flexibility index (Phi) is 5.20. The van der Waals surface area contributed by atoms with Crippen molar-refractivity contribution in [1.29, 1.82) is 0 Å². The maximum atomic E-state index is 12.4. The number of benzene rings is 1. The van der Waals surface area contributed by atoms with Crippen LogP contribution in [0.2, 0.25) is 0 Å². The Morgan fingerprint density at radius 3 is 2.60 bits per heavy atom. The van der Waals surface area contributed by atoms with Crippen molar-refractivity contribution in [2.45, 2.75) is 39.3 Å². The van der Waals surface area contributed by atoms with Crippen LogP contribution in [0.5, 0.6) is 0 Å². The van der Waals surface area contributed by atoms with Gasteiger partial charge in [0.05, 0.1) is 12.2 Å². The van der Waals surface area contributed by atoms with Crippen LogP contribution in [-0.4, -0.2) is 32.7 Å². The molecule has 0 aliphatic carbocycles. The van der Waals surface area contributed by atoms with Gasteiger partial charge in [0.15, 0.2) is 0 Å². The van der Waals surface area contributed by atoms with E-state index in [2.05, 4.69) is 54.7 Å². The van der Waals surface area contributed by atoms with Crippen molar-refractivity contribution in [3.63, 3.8) is 0 Å². The molecule has 0 saturated heterocycles. The van der Waals surface area contributed by atoms with Crippen LogP contribution in [0.1, 0.15) is 31.9 Å². The number of nitrogens with zero attached hydrogens (tertiary/aromatic N) is 3. The number of nitrogen functional groups attached to an aromatic ring is 1. The van der Waals surface area contributed by atoms with E-state index in [1.807, 2.05) is 39.2 Å². The van der Waals surface area contributed by atoms with E-state index in [4.69, 9.17) is 10.5 Å². The molecule has 0 saturated carbocycles. The van der Waals surface area contributed by atoms with E-state index in [-0.39, 0.29) is 6.09 Å². The predicted molar refractivity (Wildman–Crippen MR) is 114 cm³/mol. The molecule has 6 nitrogen and oxygen atoms in total. The summed E-state index contributed by atoms with van der Waals surface area (Å²) in [5.41, 5.74) is 9.66. The third-order valence-electron chi connectivity index (χ3n) is 4.00. The number of aromatic nitrogens is 2. The number of imidazole rings is 1. The van der Waals surface area contributed by atoms with E-state index < -0.39 is 5.60 Å². The molecule has 2 heterocycles. The summed E-state index contributed by atoms with van der Waals surface area (Å²) < 4.78 is 9.61. The fraction of sp³-hybridized carbons (Fsp3) is 0.412. The Labute approximate surface area is 174 Å². The van der Waals surface area contributed by atoms with Crippen molar-refractivity contribution >= 4 is 57.0 Å². The van der Waals surface area contributed by atoms with Gasteiger partial charge in [-0.3, -0.25) is 4.57 Å². The number of hydrogen-bond donors (Lipinski definition) is 1. The maximum Gasteiger partial charge on any atom is 0.410 e. The number of nitrogens with two attached hydrogens (primary N) is 1. The predicted octanol–water partition coefficient (Wildman–Crippen LogP) is 3.96. The minimum Gasteiger partial charge on any atom is -0.444 e. The molecule has 1 aromatic carbocycles. The van der Waals surface area contributed by atoms with Crippen LogP contribution in [0.25, 0.3) is 5.69 Å². The second-order valence-corrected chi connectivity index (χ2v) is 9.02. The third-order valence-corrected chi connectivity index (χ3v) is 6.86. The lowest BCUT2D eigenvalue weighted by atomic mass is 9.96. The molecule has 8 heteroatoms. The summed E-state index contributed by atoms with van der Waals surface area (Å²) in [4.78, 5) is 18.5. The van der Waals surface area contributed by atoms with Crippen molar-refractivity contribution < 1.29 is 9.53 Å². The first-order valence-corrected chi connectivity index (χ1v) is 10.1. The van der Waals surface area contributed by atoms with Crippen LogP contribution in [0.15, 0.2) is 18.5 Å². The summed E-state index contributed by atoms with van der Waals surface area (Å²) in [7, 11) is 0. The standard InChI is InChI=1S/C17H20I2N4O2/c1-17(2,3)25-16(24)22-7-6-10-11(8-22)12(20)4-5-13(10)23-9-21-14(18)15(23)19/h4-5,9H,6-8,20H2,1-3H3. The molecule has 2 aromatic rings. The number of carbonyl (C=O) groups is 1. The molecule has 1 aromatic heterocycles. The number of fused-ring (bicyclic) bond motifs is 1. The van der Waals surface area contributed by atoms with Crippen molar-refractivity contribution in [3.05, 3.63) is 37.0 Å². The number of halogens is 2. The highest BCUT2D eigenvalue weighted by atomic mass is 127. The largest absolute Gasteiger partial charge is 0.444 e. The summed E-state index contributed by atoms with van der Waals surface area (Å²) in [5.74, 6) is 0. The van der Waals surface area contributed by atoms with E-state index in [9.17, 15) is 4.79 Å². The molecule has 25 heavy (non-hydrogen) atoms. The molecule has 1 aliphatic rings. The zero-order valence-electron chi connectivity index (χ0n) is 14.3. The minimum absolute atomic E-state index is 0.297. The molecule has 0 atom stereocenters. The maximum absolute atomic E-state index is 12.4. The molecule has 3 rings (SSSR count). The monoisotopic (exact) mass is 566 g/mol. The van der Waals surface area contributed by atoms with Crippen LogP contribution >= 0.6 is 45.2 Å². The lowest BCUT2D eigenvalue weighted by Crippen LogP contribution is -2.40. The fourth-order valence-electron chi connectivity index (χ4n) is 2.87. The highest BCUT2D eigenvalue weighted by Crippen LogP contribution is 2.32. The quantitative estimate of drug-likeness (QED) is 0.420. The van der Waals surface area contributed by atoms with Crippen molar-refractivity contribution in [2.24, 2.45) is 0 Å². The highest BCUT2D eigenvalue weighted by Gasteiger charge is 2.28. The molecule has 0 bridgehead atoms. The molecule has 0 unspecified atom stereocenters. The Morgan fingerprint density at radius 1 is 1.28 bits per heavy atom. The van der Waals surface area contributed by atoms with Gasteiger partial charge in [0.1, 0.15) is 19.3 Å². The normalized spacial score (nSPS) is 14.4. The van der Waals surface area contributed by atoms with E-state index in [0.29, 0.717) is 18.8 Å². The molecule has 1 amide bonds. The molecular weight excluding hydrogens is 546 g/mol. The first-order chi connectivity index (χ1) is 11.7. The van der Waals surface area contributed by atoms with Gasteiger partial charge in [0.2, 0.25) is 0 Å². The lowest BCUT2D eigenvalue weighted by Gasteiger charge is -2.32. The van der Waals surface area contributed by atoms with Gasteiger partial charge in [0.25, 0.3) is 0 Å². The van der Waals surface area contributed by atoms with Crippen LogP contribution < -0.4 is 5.73 Å². The topological polar surface area (TPSA) is 73.4 Å². The third kappa shape index (κ3) is 3.88. The van der Waals surface area contributed by atoms with Crippen molar-refractivity contribution in [1.82, 2.24) is 14.5 Å². The number of anilines is 1. The van der Waals surface area contributed by atoms with Gasteiger partial charge in [0, 0.05) is 12.2 Å². The van der Waals surface area contributed by atoms with Gasteiger partial charge in [-0.2, -0.15) is 0 Å². The van der Waals surface area contributed by atoms with Gasteiger partial charge in [-0.15, -0.1) is 0 Å². The van der Waals surface area contributed by atoms with Crippen LogP contribution in [-0.2, 0) is 17.7 Å². The van der Waals surface area contributed by atoms with Gasteiger partial charge < -0.3 is 15.4 Å².